The molecule has 0 radical (unpaired) electrons. The second-order valence-electron chi connectivity index (χ2n) is 8.51. The highest BCUT2D eigenvalue weighted by Gasteiger charge is 2.25. The molecule has 1 amide bonds. The van der Waals surface area contributed by atoms with Gasteiger partial charge in [-0.3, -0.25) is 4.79 Å². The minimum Gasteiger partial charge on any atom is -0.361 e. The molecule has 6 rings (SSSR count). The summed E-state index contributed by atoms with van der Waals surface area (Å²) < 4.78 is 0. The molecule has 0 saturated carbocycles. The highest BCUT2D eigenvalue weighted by Crippen LogP contribution is 2.38. The average molecular weight is 482 g/mol. The van der Waals surface area contributed by atoms with Crippen molar-refractivity contribution in [2.24, 2.45) is 5.73 Å². The monoisotopic (exact) mass is 481 g/mol. The lowest BCUT2D eigenvalue weighted by molar-refractivity contribution is -0.110. The standard InChI is InChI=1S/C26H23N7OS/c27-17(7-16-10-29-22-4-2-1-3-19(16)22)11-30-26-31-13-24(35-26)15-5-6-23-20(8-15)21(25(34)33-23)9-18-12-28-14-32-18/h1-6,8-10,12-14,17,29H,7,11,27H2,(H,28,32)(H,30,31)(H,33,34)/b21-9+/t17-/m0/s1. The van der Waals surface area contributed by atoms with Gasteiger partial charge in [-0.25, -0.2) is 9.97 Å². The van der Waals surface area contributed by atoms with Crippen molar-refractivity contribution in [3.8, 4) is 10.4 Å². The lowest BCUT2D eigenvalue weighted by atomic mass is 10.0. The molecule has 0 fully saturated rings. The second kappa shape index (κ2) is 8.86. The Balaban J connectivity index is 1.15. The summed E-state index contributed by atoms with van der Waals surface area (Å²) in [6.45, 7) is 0.617. The molecule has 1 aliphatic heterocycles. The van der Waals surface area contributed by atoms with Gasteiger partial charge in [0.1, 0.15) is 0 Å². The van der Waals surface area contributed by atoms with Crippen LogP contribution in [-0.2, 0) is 11.2 Å². The third kappa shape index (κ3) is 4.23. The van der Waals surface area contributed by atoms with Crippen LogP contribution in [0.1, 0.15) is 16.8 Å². The molecule has 4 heterocycles. The van der Waals surface area contributed by atoms with Crippen molar-refractivity contribution in [3.63, 3.8) is 0 Å². The topological polar surface area (TPSA) is 125 Å². The van der Waals surface area contributed by atoms with Crippen LogP contribution >= 0.6 is 11.3 Å². The number of imidazole rings is 1. The van der Waals surface area contributed by atoms with E-state index in [1.807, 2.05) is 48.8 Å². The summed E-state index contributed by atoms with van der Waals surface area (Å²) in [7, 11) is 0. The summed E-state index contributed by atoms with van der Waals surface area (Å²) >= 11 is 1.57. The number of nitrogens with zero attached hydrogens (tertiary/aromatic N) is 2. The average Bonchev–Trinajstić information content (AvgIpc) is 3.66. The zero-order valence-corrected chi connectivity index (χ0v) is 19.5. The minimum atomic E-state index is -0.123. The van der Waals surface area contributed by atoms with Crippen LogP contribution in [-0.4, -0.2) is 38.4 Å². The Morgan fingerprint density at radius 1 is 1.14 bits per heavy atom. The maximum Gasteiger partial charge on any atom is 0.256 e. The van der Waals surface area contributed by atoms with Gasteiger partial charge in [0.05, 0.1) is 28.7 Å². The number of rotatable bonds is 7. The van der Waals surface area contributed by atoms with Gasteiger partial charge in [0.25, 0.3) is 5.91 Å². The maximum atomic E-state index is 12.5. The molecule has 5 aromatic rings. The van der Waals surface area contributed by atoms with E-state index in [1.165, 1.54) is 10.9 Å². The van der Waals surface area contributed by atoms with Crippen molar-refractivity contribution < 1.29 is 4.79 Å². The van der Waals surface area contributed by atoms with Crippen molar-refractivity contribution in [1.82, 2.24) is 19.9 Å². The van der Waals surface area contributed by atoms with Crippen LogP contribution in [0.5, 0.6) is 0 Å². The number of aromatic nitrogens is 4. The molecule has 174 valence electrons. The van der Waals surface area contributed by atoms with Gasteiger partial charge in [-0.1, -0.05) is 35.6 Å². The van der Waals surface area contributed by atoms with E-state index in [0.29, 0.717) is 12.1 Å². The number of H-pyrrole nitrogens is 2. The molecule has 8 nitrogen and oxygen atoms in total. The largest absolute Gasteiger partial charge is 0.361 e. The van der Waals surface area contributed by atoms with Gasteiger partial charge in [0.2, 0.25) is 0 Å². The fraction of sp³-hybridized carbons (Fsp3) is 0.115. The smallest absolute Gasteiger partial charge is 0.256 e. The molecule has 0 unspecified atom stereocenters. The quantitative estimate of drug-likeness (QED) is 0.219. The Bertz CT molecular complexity index is 1550. The second-order valence-corrected chi connectivity index (χ2v) is 9.54. The Morgan fingerprint density at radius 2 is 2.06 bits per heavy atom. The molecule has 1 aliphatic rings. The number of fused-ring (bicyclic) bond motifs is 2. The lowest BCUT2D eigenvalue weighted by Gasteiger charge is -2.11. The van der Waals surface area contributed by atoms with Crippen molar-refractivity contribution in [2.45, 2.75) is 12.5 Å². The molecule has 2 aromatic carbocycles. The first kappa shape index (κ1) is 21.3. The summed E-state index contributed by atoms with van der Waals surface area (Å²) in [6.07, 6.45) is 9.75. The summed E-state index contributed by atoms with van der Waals surface area (Å²) in [5, 5.41) is 8.33. The molecule has 0 spiro atoms. The number of aromatic amines is 2. The van der Waals surface area contributed by atoms with Crippen LogP contribution in [0.4, 0.5) is 10.8 Å². The van der Waals surface area contributed by atoms with Gasteiger partial charge in [-0.05, 0) is 41.8 Å². The van der Waals surface area contributed by atoms with Gasteiger partial charge < -0.3 is 26.3 Å². The van der Waals surface area contributed by atoms with Crippen LogP contribution in [0.3, 0.4) is 0 Å². The highest BCUT2D eigenvalue weighted by molar-refractivity contribution is 7.18. The van der Waals surface area contributed by atoms with Gasteiger partial charge >= 0.3 is 0 Å². The van der Waals surface area contributed by atoms with E-state index in [9.17, 15) is 4.79 Å². The Morgan fingerprint density at radius 3 is 2.94 bits per heavy atom. The molecular formula is C26H23N7OS. The van der Waals surface area contributed by atoms with Crippen LogP contribution < -0.4 is 16.4 Å². The van der Waals surface area contributed by atoms with Crippen LogP contribution in [0.15, 0.2) is 67.4 Å². The third-order valence-electron chi connectivity index (χ3n) is 6.08. The first-order chi connectivity index (χ1) is 17.1. The number of anilines is 2. The third-order valence-corrected chi connectivity index (χ3v) is 7.09. The number of hydrogen-bond acceptors (Lipinski definition) is 6. The van der Waals surface area contributed by atoms with E-state index in [-0.39, 0.29) is 11.9 Å². The molecule has 3 aromatic heterocycles. The zero-order valence-electron chi connectivity index (χ0n) is 18.7. The predicted octanol–water partition coefficient (Wildman–Crippen LogP) is 4.49. The van der Waals surface area contributed by atoms with Gasteiger partial charge in [0.15, 0.2) is 5.13 Å². The maximum absolute atomic E-state index is 12.5. The van der Waals surface area contributed by atoms with Crippen LogP contribution in [0, 0.1) is 0 Å². The van der Waals surface area contributed by atoms with E-state index < -0.39 is 0 Å². The van der Waals surface area contributed by atoms with E-state index in [2.05, 4.69) is 42.7 Å². The van der Waals surface area contributed by atoms with E-state index in [4.69, 9.17) is 5.73 Å². The number of carbonyl (C=O) groups excluding carboxylic acids is 1. The van der Waals surface area contributed by atoms with Gasteiger partial charge in [-0.2, -0.15) is 0 Å². The van der Waals surface area contributed by atoms with Gasteiger partial charge in [-0.15, -0.1) is 0 Å². The number of nitrogens with two attached hydrogens (primary N) is 1. The Hall–Kier alpha value is -4.21. The van der Waals surface area contributed by atoms with Crippen molar-refractivity contribution in [3.05, 3.63) is 84.2 Å². The molecule has 0 aliphatic carbocycles. The Labute approximate surface area is 205 Å². The molecule has 9 heteroatoms. The van der Waals surface area contributed by atoms with Crippen molar-refractivity contribution in [1.29, 1.82) is 0 Å². The van der Waals surface area contributed by atoms with Crippen LogP contribution in [0.2, 0.25) is 0 Å². The van der Waals surface area contributed by atoms with E-state index >= 15 is 0 Å². The molecule has 1 atom stereocenters. The summed E-state index contributed by atoms with van der Waals surface area (Å²) in [5.41, 5.74) is 12.8. The molecule has 0 saturated heterocycles. The lowest BCUT2D eigenvalue weighted by Crippen LogP contribution is -2.31. The normalized spacial score (nSPS) is 14.9. The van der Waals surface area contributed by atoms with E-state index in [0.717, 1.165) is 44.5 Å². The number of benzene rings is 2. The van der Waals surface area contributed by atoms with Crippen molar-refractivity contribution >= 4 is 50.6 Å². The molecule has 0 bridgehead atoms. The minimum absolute atomic E-state index is 0.0474. The van der Waals surface area contributed by atoms with Crippen LogP contribution in [0.25, 0.3) is 33.0 Å². The fourth-order valence-electron chi connectivity index (χ4n) is 4.35. The number of carbonyl (C=O) groups is 1. The summed E-state index contributed by atoms with van der Waals surface area (Å²) in [4.78, 5) is 28.4. The summed E-state index contributed by atoms with van der Waals surface area (Å²) in [5.74, 6) is -0.123. The molecule has 6 N–H and O–H groups in total. The summed E-state index contributed by atoms with van der Waals surface area (Å²) in [6, 6.07) is 14.2. The molecular weight excluding hydrogens is 458 g/mol. The highest BCUT2D eigenvalue weighted by atomic mass is 32.1. The zero-order chi connectivity index (χ0) is 23.8. The number of nitrogens with one attached hydrogen (secondary N) is 4. The number of para-hydroxylation sites is 1. The predicted molar refractivity (Wildman–Crippen MR) is 141 cm³/mol. The Kier molecular flexibility index (Phi) is 5.40. The van der Waals surface area contributed by atoms with Crippen molar-refractivity contribution in [2.75, 3.05) is 17.2 Å². The van der Waals surface area contributed by atoms with Gasteiger partial charge in [0, 0.05) is 47.1 Å². The first-order valence-corrected chi connectivity index (χ1v) is 12.1. The number of hydrogen-bond donors (Lipinski definition) is 5. The van der Waals surface area contributed by atoms with E-state index in [1.54, 1.807) is 23.9 Å². The number of amides is 1. The SMILES string of the molecule is N[C@H](CNc1ncc(-c2ccc3c(c2)/C(=C\c2cnc[nH]2)C(=O)N3)s1)Cc1c[nH]c2ccccc12. The molecule has 35 heavy (non-hydrogen) atoms. The fourth-order valence-corrected chi connectivity index (χ4v) is 5.17. The number of thiazole rings is 1. The first-order valence-electron chi connectivity index (χ1n) is 11.3.